The first-order chi connectivity index (χ1) is 9.04. The van der Waals surface area contributed by atoms with E-state index in [1.165, 1.54) is 12.1 Å². The summed E-state index contributed by atoms with van der Waals surface area (Å²) in [6.07, 6.45) is 0. The number of thiazole rings is 1. The van der Waals surface area contributed by atoms with Crippen molar-refractivity contribution in [1.82, 2.24) is 9.88 Å². The number of nitrogens with zero attached hydrogens (tertiary/aromatic N) is 2. The van der Waals surface area contributed by atoms with Gasteiger partial charge in [-0.15, -0.1) is 11.3 Å². The van der Waals surface area contributed by atoms with Gasteiger partial charge in [-0.25, -0.2) is 9.37 Å². The zero-order chi connectivity index (χ0) is 13.8. The van der Waals surface area contributed by atoms with Gasteiger partial charge >= 0.3 is 0 Å². The van der Waals surface area contributed by atoms with E-state index in [1.54, 1.807) is 16.8 Å². The standard InChI is InChI=1S/C13H14FN3S2/c1-17(6-12-7-19-8-16-12)5-9-2-10(13(15)18)4-11(14)3-9/h2-4,7-8H,5-6H2,1H3,(H2,15,18). The molecule has 0 unspecified atom stereocenters. The van der Waals surface area contributed by atoms with Crippen LogP contribution in [0.3, 0.4) is 0 Å². The molecule has 0 saturated carbocycles. The highest BCUT2D eigenvalue weighted by Crippen LogP contribution is 2.13. The maximum absolute atomic E-state index is 13.5. The van der Waals surface area contributed by atoms with Crippen molar-refractivity contribution in [2.45, 2.75) is 13.1 Å². The molecule has 0 saturated heterocycles. The maximum Gasteiger partial charge on any atom is 0.124 e. The molecular formula is C13H14FN3S2. The summed E-state index contributed by atoms with van der Waals surface area (Å²) in [4.78, 5) is 6.50. The predicted molar refractivity (Wildman–Crippen MR) is 79.6 cm³/mol. The maximum atomic E-state index is 13.5. The summed E-state index contributed by atoms with van der Waals surface area (Å²) < 4.78 is 13.5. The molecule has 0 aliphatic heterocycles. The number of nitrogens with two attached hydrogens (primary N) is 1. The Kier molecular flexibility index (Phi) is 4.57. The lowest BCUT2D eigenvalue weighted by Gasteiger charge is -2.16. The minimum Gasteiger partial charge on any atom is -0.389 e. The zero-order valence-electron chi connectivity index (χ0n) is 10.5. The Bertz CT molecular complexity index is 569. The van der Waals surface area contributed by atoms with Gasteiger partial charge in [-0.2, -0.15) is 0 Å². The number of aromatic nitrogens is 1. The molecule has 0 fully saturated rings. The number of hydrogen-bond donors (Lipinski definition) is 1. The van der Waals surface area contributed by atoms with Gasteiger partial charge in [0.2, 0.25) is 0 Å². The van der Waals surface area contributed by atoms with Crippen LogP contribution in [0.1, 0.15) is 16.8 Å². The van der Waals surface area contributed by atoms with Gasteiger partial charge in [0.1, 0.15) is 10.8 Å². The summed E-state index contributed by atoms with van der Waals surface area (Å²) in [6.45, 7) is 1.34. The van der Waals surface area contributed by atoms with Gasteiger partial charge in [0.15, 0.2) is 0 Å². The number of halogens is 1. The number of thiocarbonyl (C=S) groups is 1. The lowest BCUT2D eigenvalue weighted by molar-refractivity contribution is 0.315. The van der Waals surface area contributed by atoms with E-state index in [1.807, 2.05) is 18.5 Å². The van der Waals surface area contributed by atoms with Gasteiger partial charge in [0.25, 0.3) is 0 Å². The molecular weight excluding hydrogens is 281 g/mol. The second kappa shape index (κ2) is 6.18. The highest BCUT2D eigenvalue weighted by atomic mass is 32.1. The molecule has 2 aromatic rings. The Hall–Kier alpha value is -1.37. The third kappa shape index (κ3) is 4.05. The molecule has 0 amide bonds. The second-order valence-corrected chi connectivity index (χ2v) is 5.52. The fourth-order valence-corrected chi connectivity index (χ4v) is 2.51. The van der Waals surface area contributed by atoms with E-state index in [0.717, 1.165) is 17.8 Å². The zero-order valence-corrected chi connectivity index (χ0v) is 12.1. The van der Waals surface area contributed by atoms with Gasteiger partial charge < -0.3 is 5.73 Å². The fraction of sp³-hybridized carbons (Fsp3) is 0.231. The number of hydrogen-bond acceptors (Lipinski definition) is 4. The smallest absolute Gasteiger partial charge is 0.124 e. The summed E-state index contributed by atoms with van der Waals surface area (Å²) in [7, 11) is 1.96. The van der Waals surface area contributed by atoms with Crippen molar-refractivity contribution >= 4 is 28.5 Å². The Labute approximate surface area is 120 Å². The summed E-state index contributed by atoms with van der Waals surface area (Å²) in [5.74, 6) is -0.317. The molecule has 0 atom stereocenters. The van der Waals surface area contributed by atoms with Gasteiger partial charge in [-0.3, -0.25) is 4.90 Å². The molecule has 0 aliphatic carbocycles. The molecule has 1 heterocycles. The molecule has 2 N–H and O–H groups in total. The molecule has 0 aliphatic rings. The normalized spacial score (nSPS) is 10.9. The van der Waals surface area contributed by atoms with Crippen molar-refractivity contribution in [3.05, 3.63) is 51.7 Å². The van der Waals surface area contributed by atoms with Crippen molar-refractivity contribution < 1.29 is 4.39 Å². The van der Waals surface area contributed by atoms with Gasteiger partial charge in [-0.1, -0.05) is 12.2 Å². The summed E-state index contributed by atoms with van der Waals surface area (Å²) in [5.41, 5.74) is 9.76. The molecule has 6 heteroatoms. The van der Waals surface area contributed by atoms with Crippen LogP contribution in [-0.4, -0.2) is 21.9 Å². The first-order valence-corrected chi connectivity index (χ1v) is 7.04. The molecule has 19 heavy (non-hydrogen) atoms. The minimum absolute atomic E-state index is 0.211. The van der Waals surface area contributed by atoms with E-state index in [4.69, 9.17) is 18.0 Å². The van der Waals surface area contributed by atoms with E-state index in [9.17, 15) is 4.39 Å². The molecule has 0 spiro atoms. The van der Waals surface area contributed by atoms with Crippen LogP contribution in [-0.2, 0) is 13.1 Å². The van der Waals surface area contributed by atoms with Crippen LogP contribution >= 0.6 is 23.6 Å². The SMILES string of the molecule is CN(Cc1cc(F)cc(C(N)=S)c1)Cc1cscn1. The number of benzene rings is 1. The minimum atomic E-state index is -0.317. The van der Waals surface area contributed by atoms with Crippen LogP contribution in [0.2, 0.25) is 0 Å². The topological polar surface area (TPSA) is 42.1 Å². The Morgan fingerprint density at radius 2 is 2.21 bits per heavy atom. The summed E-state index contributed by atoms with van der Waals surface area (Å²) >= 11 is 6.44. The molecule has 0 radical (unpaired) electrons. The van der Waals surface area contributed by atoms with Crippen molar-refractivity contribution in [2.75, 3.05) is 7.05 Å². The van der Waals surface area contributed by atoms with E-state index < -0.39 is 0 Å². The quantitative estimate of drug-likeness (QED) is 0.861. The van der Waals surface area contributed by atoms with Gasteiger partial charge in [0.05, 0.1) is 11.2 Å². The third-order valence-corrected chi connectivity index (χ3v) is 3.48. The van der Waals surface area contributed by atoms with Crippen molar-refractivity contribution in [3.8, 4) is 0 Å². The van der Waals surface area contributed by atoms with Crippen LogP contribution in [0.15, 0.2) is 29.1 Å². The molecule has 1 aromatic carbocycles. The lowest BCUT2D eigenvalue weighted by atomic mass is 10.1. The molecule has 100 valence electrons. The molecule has 2 rings (SSSR count). The third-order valence-electron chi connectivity index (χ3n) is 2.61. The highest BCUT2D eigenvalue weighted by Gasteiger charge is 2.07. The summed E-state index contributed by atoms with van der Waals surface area (Å²) in [5, 5.41) is 2.00. The van der Waals surface area contributed by atoms with Crippen LogP contribution < -0.4 is 5.73 Å². The second-order valence-electron chi connectivity index (χ2n) is 4.36. The highest BCUT2D eigenvalue weighted by molar-refractivity contribution is 7.80. The first-order valence-electron chi connectivity index (χ1n) is 5.69. The largest absolute Gasteiger partial charge is 0.389 e. The molecule has 3 nitrogen and oxygen atoms in total. The Morgan fingerprint density at radius 1 is 1.42 bits per heavy atom. The van der Waals surface area contributed by atoms with Gasteiger partial charge in [0, 0.05) is 24.0 Å². The van der Waals surface area contributed by atoms with E-state index in [2.05, 4.69) is 9.88 Å². The van der Waals surface area contributed by atoms with Crippen LogP contribution in [0, 0.1) is 5.82 Å². The van der Waals surface area contributed by atoms with Crippen LogP contribution in [0.4, 0.5) is 4.39 Å². The predicted octanol–water partition coefficient (Wildman–Crippen LogP) is 2.55. The van der Waals surface area contributed by atoms with Crippen molar-refractivity contribution in [1.29, 1.82) is 0 Å². The fourth-order valence-electron chi connectivity index (χ4n) is 1.84. The average Bonchev–Trinajstić information content (AvgIpc) is 2.80. The molecule has 1 aromatic heterocycles. The van der Waals surface area contributed by atoms with Crippen LogP contribution in [0.25, 0.3) is 0 Å². The Morgan fingerprint density at radius 3 is 2.84 bits per heavy atom. The molecule has 0 bridgehead atoms. The monoisotopic (exact) mass is 295 g/mol. The van der Waals surface area contributed by atoms with E-state index in [0.29, 0.717) is 12.1 Å². The van der Waals surface area contributed by atoms with Crippen molar-refractivity contribution in [3.63, 3.8) is 0 Å². The van der Waals surface area contributed by atoms with E-state index >= 15 is 0 Å². The Balaban J connectivity index is 2.08. The van der Waals surface area contributed by atoms with Gasteiger partial charge in [-0.05, 0) is 30.8 Å². The van der Waals surface area contributed by atoms with Crippen molar-refractivity contribution in [2.24, 2.45) is 5.73 Å². The van der Waals surface area contributed by atoms with Crippen LogP contribution in [0.5, 0.6) is 0 Å². The first kappa shape index (κ1) is 14.0. The average molecular weight is 295 g/mol. The lowest BCUT2D eigenvalue weighted by Crippen LogP contribution is -2.18. The van der Waals surface area contributed by atoms with E-state index in [-0.39, 0.29) is 10.8 Å². The summed E-state index contributed by atoms with van der Waals surface area (Å²) in [6, 6.07) is 4.68. The number of rotatable bonds is 5.